The van der Waals surface area contributed by atoms with Gasteiger partial charge in [-0.05, 0) is 35.9 Å². The van der Waals surface area contributed by atoms with Gasteiger partial charge in [0, 0.05) is 19.6 Å². The minimum absolute atomic E-state index is 0.109. The molecule has 1 saturated heterocycles. The number of nitrogens with one attached hydrogen (secondary N) is 1. The molecule has 2 aromatic carbocycles. The number of morpholine rings is 1. The van der Waals surface area contributed by atoms with E-state index in [4.69, 9.17) is 4.74 Å². The van der Waals surface area contributed by atoms with Gasteiger partial charge < -0.3 is 15.0 Å². The van der Waals surface area contributed by atoms with Gasteiger partial charge in [0.15, 0.2) is 5.16 Å². The molecule has 1 N–H and O–H groups in total. The molecule has 0 radical (unpaired) electrons. The van der Waals surface area contributed by atoms with Crippen LogP contribution in [-0.4, -0.2) is 52.7 Å². The zero-order valence-corrected chi connectivity index (χ0v) is 17.4. The molecule has 2 heterocycles. The third-order valence-electron chi connectivity index (χ3n) is 4.71. The Kier molecular flexibility index (Phi) is 6.78. The number of carbonyl (C=O) groups excluding carboxylic acids is 1. The van der Waals surface area contributed by atoms with Gasteiger partial charge in [-0.3, -0.25) is 9.36 Å². The molecule has 1 aliphatic heterocycles. The molecule has 0 saturated carbocycles. The lowest BCUT2D eigenvalue weighted by Gasteiger charge is -2.27. The second kappa shape index (κ2) is 9.88. The first kappa shape index (κ1) is 21.3. The summed E-state index contributed by atoms with van der Waals surface area (Å²) in [4.78, 5) is 14.3. The molecular formula is C21H21F2N5O2S. The molecule has 7 nitrogen and oxygen atoms in total. The minimum Gasteiger partial charge on any atom is -0.378 e. The van der Waals surface area contributed by atoms with Crippen LogP contribution in [-0.2, 0) is 16.1 Å². The summed E-state index contributed by atoms with van der Waals surface area (Å²) in [6, 6.07) is 12.1. The van der Waals surface area contributed by atoms with Gasteiger partial charge in [-0.15, -0.1) is 10.2 Å². The molecule has 1 fully saturated rings. The fourth-order valence-electron chi connectivity index (χ4n) is 3.15. The van der Waals surface area contributed by atoms with Crippen molar-refractivity contribution in [2.24, 2.45) is 0 Å². The first-order valence-electron chi connectivity index (χ1n) is 9.78. The van der Waals surface area contributed by atoms with Crippen LogP contribution >= 0.6 is 11.8 Å². The third kappa shape index (κ3) is 5.39. The van der Waals surface area contributed by atoms with Crippen molar-refractivity contribution in [3.05, 3.63) is 65.7 Å². The maximum Gasteiger partial charge on any atom is 0.232 e. The van der Waals surface area contributed by atoms with Crippen LogP contribution in [0.2, 0.25) is 0 Å². The Morgan fingerprint density at radius 3 is 2.58 bits per heavy atom. The van der Waals surface area contributed by atoms with E-state index in [9.17, 15) is 13.6 Å². The molecule has 10 heteroatoms. The van der Waals surface area contributed by atoms with Gasteiger partial charge in [0.05, 0.1) is 24.7 Å². The summed E-state index contributed by atoms with van der Waals surface area (Å²) in [5.74, 6) is -0.192. The van der Waals surface area contributed by atoms with E-state index in [0.717, 1.165) is 5.56 Å². The van der Waals surface area contributed by atoms with Crippen molar-refractivity contribution in [1.82, 2.24) is 20.1 Å². The summed E-state index contributed by atoms with van der Waals surface area (Å²) in [6.07, 6.45) is 0. The number of halogens is 2. The molecular weight excluding hydrogens is 424 g/mol. The monoisotopic (exact) mass is 445 g/mol. The molecule has 1 aliphatic rings. The summed E-state index contributed by atoms with van der Waals surface area (Å²) in [5.41, 5.74) is 1.39. The molecule has 31 heavy (non-hydrogen) atoms. The van der Waals surface area contributed by atoms with Crippen LogP contribution < -0.4 is 10.2 Å². The van der Waals surface area contributed by atoms with E-state index in [-0.39, 0.29) is 23.3 Å². The smallest absolute Gasteiger partial charge is 0.232 e. The van der Waals surface area contributed by atoms with Crippen molar-refractivity contribution < 1.29 is 18.3 Å². The molecule has 0 bridgehead atoms. The normalized spacial score (nSPS) is 13.9. The molecule has 0 aliphatic carbocycles. The van der Waals surface area contributed by atoms with Crippen LogP contribution in [0.1, 0.15) is 5.56 Å². The highest BCUT2D eigenvalue weighted by molar-refractivity contribution is 7.99. The van der Waals surface area contributed by atoms with Crippen LogP contribution in [0.15, 0.2) is 53.7 Å². The summed E-state index contributed by atoms with van der Waals surface area (Å²) in [7, 11) is 0. The zero-order chi connectivity index (χ0) is 21.6. The number of aromatic nitrogens is 3. The number of amides is 1. The highest BCUT2D eigenvalue weighted by Gasteiger charge is 2.22. The average molecular weight is 445 g/mol. The Bertz CT molecular complexity index is 1040. The zero-order valence-electron chi connectivity index (χ0n) is 16.6. The lowest BCUT2D eigenvalue weighted by Crippen LogP contribution is -2.37. The highest BCUT2D eigenvalue weighted by Crippen LogP contribution is 2.27. The number of rotatable bonds is 7. The van der Waals surface area contributed by atoms with Crippen molar-refractivity contribution in [3.8, 4) is 5.69 Å². The maximum absolute atomic E-state index is 13.9. The van der Waals surface area contributed by atoms with Gasteiger partial charge in [0.1, 0.15) is 11.6 Å². The predicted octanol–water partition coefficient (Wildman–Crippen LogP) is 2.79. The molecule has 0 spiro atoms. The fraction of sp³-hybridized carbons (Fsp3) is 0.286. The van der Waals surface area contributed by atoms with Gasteiger partial charge in [-0.25, -0.2) is 8.78 Å². The summed E-state index contributed by atoms with van der Waals surface area (Å²) < 4.78 is 34.0. The number of carbonyl (C=O) groups is 1. The topological polar surface area (TPSA) is 72.3 Å². The van der Waals surface area contributed by atoms with Gasteiger partial charge in [0.2, 0.25) is 11.9 Å². The van der Waals surface area contributed by atoms with E-state index in [1.807, 2.05) is 4.90 Å². The van der Waals surface area contributed by atoms with Gasteiger partial charge in [-0.2, -0.15) is 0 Å². The summed E-state index contributed by atoms with van der Waals surface area (Å²) >= 11 is 1.22. The fourth-order valence-corrected chi connectivity index (χ4v) is 3.93. The van der Waals surface area contributed by atoms with Gasteiger partial charge >= 0.3 is 0 Å². The Labute approximate surface area is 182 Å². The lowest BCUT2D eigenvalue weighted by atomic mass is 10.2. The Balaban J connectivity index is 1.47. The van der Waals surface area contributed by atoms with E-state index in [0.29, 0.717) is 49.6 Å². The number of nitrogens with zero attached hydrogens (tertiary/aromatic N) is 4. The highest BCUT2D eigenvalue weighted by atomic mass is 32.2. The Hall–Kier alpha value is -2.98. The van der Waals surface area contributed by atoms with Crippen molar-refractivity contribution in [1.29, 1.82) is 0 Å². The molecule has 1 aromatic heterocycles. The van der Waals surface area contributed by atoms with Crippen molar-refractivity contribution >= 4 is 23.6 Å². The van der Waals surface area contributed by atoms with E-state index in [2.05, 4.69) is 15.5 Å². The standard InChI is InChI=1S/C21H21F2N5O2S/c22-16-6-4-15(5-7-16)13-24-19(29)14-31-21-26-25-20(27-8-10-30-11-9-27)28(21)18-3-1-2-17(23)12-18/h1-7,12H,8-11,13-14H2,(H,24,29). The van der Waals surface area contributed by atoms with Crippen molar-refractivity contribution in [3.63, 3.8) is 0 Å². The largest absolute Gasteiger partial charge is 0.378 e. The predicted molar refractivity (Wildman–Crippen MR) is 113 cm³/mol. The van der Waals surface area contributed by atoms with Crippen LogP contribution in [0.25, 0.3) is 5.69 Å². The SMILES string of the molecule is O=C(CSc1nnc(N2CCOCC2)n1-c1cccc(F)c1)NCc1ccc(F)cc1. The van der Waals surface area contributed by atoms with Crippen LogP contribution in [0.3, 0.4) is 0 Å². The van der Waals surface area contributed by atoms with E-state index in [1.54, 1.807) is 28.8 Å². The van der Waals surface area contributed by atoms with Crippen LogP contribution in [0, 0.1) is 11.6 Å². The number of hydrogen-bond acceptors (Lipinski definition) is 6. The number of benzene rings is 2. The average Bonchev–Trinajstić information content (AvgIpc) is 3.22. The first-order valence-corrected chi connectivity index (χ1v) is 10.8. The minimum atomic E-state index is -0.368. The van der Waals surface area contributed by atoms with Gasteiger partial charge in [0.25, 0.3) is 0 Å². The Morgan fingerprint density at radius 2 is 1.84 bits per heavy atom. The third-order valence-corrected chi connectivity index (χ3v) is 5.64. The van der Waals surface area contributed by atoms with E-state index in [1.165, 1.54) is 36.0 Å². The molecule has 1 amide bonds. The van der Waals surface area contributed by atoms with E-state index >= 15 is 0 Å². The Morgan fingerprint density at radius 1 is 1.06 bits per heavy atom. The molecule has 0 atom stereocenters. The summed E-state index contributed by atoms with van der Waals surface area (Å²) in [5, 5.41) is 11.8. The van der Waals surface area contributed by atoms with Crippen LogP contribution in [0.4, 0.5) is 14.7 Å². The van der Waals surface area contributed by atoms with E-state index < -0.39 is 0 Å². The summed E-state index contributed by atoms with van der Waals surface area (Å²) in [6.45, 7) is 2.75. The maximum atomic E-state index is 13.9. The quantitative estimate of drug-likeness (QED) is 0.564. The van der Waals surface area contributed by atoms with Gasteiger partial charge in [-0.1, -0.05) is 30.0 Å². The second-order valence-corrected chi connectivity index (χ2v) is 7.83. The lowest BCUT2D eigenvalue weighted by molar-refractivity contribution is -0.118. The van der Waals surface area contributed by atoms with Crippen LogP contribution in [0.5, 0.6) is 0 Å². The number of thioether (sulfide) groups is 1. The van der Waals surface area contributed by atoms with Crippen molar-refractivity contribution in [2.45, 2.75) is 11.7 Å². The first-order chi connectivity index (χ1) is 15.1. The molecule has 3 aromatic rings. The number of ether oxygens (including phenoxy) is 1. The number of anilines is 1. The number of hydrogen-bond donors (Lipinski definition) is 1. The molecule has 162 valence electrons. The molecule has 4 rings (SSSR count). The second-order valence-electron chi connectivity index (χ2n) is 6.89. The molecule has 0 unspecified atom stereocenters. The van der Waals surface area contributed by atoms with Crippen molar-refractivity contribution in [2.75, 3.05) is 37.0 Å².